The maximum atomic E-state index is 12.2. The molecule has 0 aliphatic rings. The van der Waals surface area contributed by atoms with Crippen LogP contribution in [0.2, 0.25) is 0 Å². The van der Waals surface area contributed by atoms with Crippen LogP contribution in [0.15, 0.2) is 24.3 Å². The topological polar surface area (TPSA) is 42.9 Å². The van der Waals surface area contributed by atoms with Crippen LogP contribution in [0.25, 0.3) is 0 Å². The van der Waals surface area contributed by atoms with Crippen LogP contribution in [-0.2, 0) is 6.42 Å². The highest BCUT2D eigenvalue weighted by Gasteiger charge is 2.18. The van der Waals surface area contributed by atoms with Crippen LogP contribution in [0.3, 0.4) is 0 Å². The molecule has 0 N–H and O–H groups in total. The normalized spacial score (nSPS) is 10.9. The van der Waals surface area contributed by atoms with Gasteiger partial charge in [0.1, 0.15) is 4.88 Å². The van der Waals surface area contributed by atoms with Crippen LogP contribution in [0.1, 0.15) is 40.7 Å². The predicted octanol–water partition coefficient (Wildman–Crippen LogP) is 3.69. The monoisotopic (exact) mass is 372 g/mol. The van der Waals surface area contributed by atoms with Gasteiger partial charge in [0, 0.05) is 9.99 Å². The zero-order chi connectivity index (χ0) is 13.1. The molecule has 0 radical (unpaired) electrons. The van der Waals surface area contributed by atoms with Gasteiger partial charge < -0.3 is 0 Å². The smallest absolute Gasteiger partial charge is 0.180 e. The van der Waals surface area contributed by atoms with Gasteiger partial charge in [0.25, 0.3) is 0 Å². The summed E-state index contributed by atoms with van der Waals surface area (Å²) in [5, 5.41) is 4.04. The fraction of sp³-hybridized carbons (Fsp3) is 0.308. The van der Waals surface area contributed by atoms with Gasteiger partial charge in [0.2, 0.25) is 0 Å². The first-order chi connectivity index (χ1) is 8.58. The van der Waals surface area contributed by atoms with E-state index in [4.69, 9.17) is 0 Å². The number of rotatable bonds is 4. The van der Waals surface area contributed by atoms with Gasteiger partial charge in [-0.15, -0.1) is 5.10 Å². The van der Waals surface area contributed by atoms with Crippen molar-refractivity contribution in [3.63, 3.8) is 0 Å². The van der Waals surface area contributed by atoms with Crippen LogP contribution in [-0.4, -0.2) is 15.4 Å². The number of nitrogens with zero attached hydrogens (tertiary/aromatic N) is 2. The molecule has 0 saturated heterocycles. The SMILES string of the molecule is CC(C)c1nnsc1C(=O)Cc1ccc(I)cc1. The molecule has 0 fully saturated rings. The molecule has 94 valence electrons. The van der Waals surface area contributed by atoms with Crippen molar-refractivity contribution in [1.29, 1.82) is 0 Å². The van der Waals surface area contributed by atoms with Gasteiger partial charge in [-0.05, 0) is 57.7 Å². The van der Waals surface area contributed by atoms with Crippen LogP contribution >= 0.6 is 34.1 Å². The van der Waals surface area contributed by atoms with Crippen molar-refractivity contribution < 1.29 is 4.79 Å². The number of Topliss-reactive ketones (excluding diaryl/α,β-unsaturated/α-hetero) is 1. The van der Waals surface area contributed by atoms with Gasteiger partial charge in [0.15, 0.2) is 5.78 Å². The number of ketones is 1. The highest BCUT2D eigenvalue weighted by atomic mass is 127. The number of aromatic nitrogens is 2. The maximum Gasteiger partial charge on any atom is 0.180 e. The molecule has 0 bridgehead atoms. The molecular weight excluding hydrogens is 359 g/mol. The van der Waals surface area contributed by atoms with Gasteiger partial charge in [-0.25, -0.2) is 0 Å². The van der Waals surface area contributed by atoms with Gasteiger partial charge >= 0.3 is 0 Å². The summed E-state index contributed by atoms with van der Waals surface area (Å²) in [4.78, 5) is 12.9. The van der Waals surface area contributed by atoms with Crippen molar-refractivity contribution in [2.45, 2.75) is 26.2 Å². The van der Waals surface area contributed by atoms with Crippen molar-refractivity contribution in [2.24, 2.45) is 0 Å². The van der Waals surface area contributed by atoms with E-state index in [2.05, 4.69) is 32.2 Å². The third-order valence-corrected chi connectivity index (χ3v) is 4.09. The van der Waals surface area contributed by atoms with Gasteiger partial charge in [-0.3, -0.25) is 4.79 Å². The van der Waals surface area contributed by atoms with Crippen LogP contribution in [0.4, 0.5) is 0 Å². The molecule has 1 aromatic carbocycles. The molecule has 0 atom stereocenters. The average Bonchev–Trinajstić information content (AvgIpc) is 2.81. The molecule has 0 saturated carbocycles. The number of halogens is 1. The van der Waals surface area contributed by atoms with Crippen molar-refractivity contribution in [3.8, 4) is 0 Å². The Morgan fingerprint density at radius 2 is 2.00 bits per heavy atom. The highest BCUT2D eigenvalue weighted by Crippen LogP contribution is 2.21. The summed E-state index contributed by atoms with van der Waals surface area (Å²) >= 11 is 3.45. The Morgan fingerprint density at radius 1 is 1.33 bits per heavy atom. The molecule has 0 unspecified atom stereocenters. The van der Waals surface area contributed by atoms with E-state index in [0.29, 0.717) is 11.3 Å². The summed E-state index contributed by atoms with van der Waals surface area (Å²) in [5.41, 5.74) is 1.85. The lowest BCUT2D eigenvalue weighted by molar-refractivity contribution is 0.0995. The van der Waals surface area contributed by atoms with E-state index in [9.17, 15) is 4.79 Å². The summed E-state index contributed by atoms with van der Waals surface area (Å²) in [6.45, 7) is 4.05. The summed E-state index contributed by atoms with van der Waals surface area (Å²) in [5.74, 6) is 0.342. The molecule has 2 rings (SSSR count). The number of hydrogen-bond acceptors (Lipinski definition) is 4. The third-order valence-electron chi connectivity index (χ3n) is 2.59. The zero-order valence-corrected chi connectivity index (χ0v) is 13.2. The van der Waals surface area contributed by atoms with Gasteiger partial charge in [0.05, 0.1) is 5.69 Å². The summed E-state index contributed by atoms with van der Waals surface area (Å²) in [7, 11) is 0. The Labute approximate surface area is 124 Å². The van der Waals surface area contributed by atoms with Crippen molar-refractivity contribution >= 4 is 39.9 Å². The minimum Gasteiger partial charge on any atom is -0.293 e. The molecule has 0 aliphatic carbocycles. The molecule has 5 heteroatoms. The molecule has 1 heterocycles. The average molecular weight is 372 g/mol. The molecule has 1 aromatic heterocycles. The summed E-state index contributed by atoms with van der Waals surface area (Å²) < 4.78 is 5.06. The van der Waals surface area contributed by atoms with E-state index >= 15 is 0 Å². The lowest BCUT2D eigenvalue weighted by Crippen LogP contribution is -2.05. The predicted molar refractivity (Wildman–Crippen MR) is 81.2 cm³/mol. The Bertz CT molecular complexity index is 548. The third kappa shape index (κ3) is 3.14. The van der Waals surface area contributed by atoms with Crippen LogP contribution < -0.4 is 0 Å². The Hall–Kier alpha value is -0.820. The van der Waals surface area contributed by atoms with Crippen molar-refractivity contribution in [1.82, 2.24) is 9.59 Å². The molecule has 18 heavy (non-hydrogen) atoms. The molecule has 3 nitrogen and oxygen atoms in total. The van der Waals surface area contributed by atoms with E-state index in [-0.39, 0.29) is 11.7 Å². The quantitative estimate of drug-likeness (QED) is 0.607. The Kier molecular flexibility index (Phi) is 4.45. The molecule has 0 aliphatic heterocycles. The number of carbonyl (C=O) groups excluding carboxylic acids is 1. The number of carbonyl (C=O) groups is 1. The van der Waals surface area contributed by atoms with E-state index in [1.807, 2.05) is 38.1 Å². The first-order valence-electron chi connectivity index (χ1n) is 5.68. The molecule has 0 spiro atoms. The fourth-order valence-corrected chi connectivity index (χ4v) is 2.75. The van der Waals surface area contributed by atoms with E-state index in [1.54, 1.807) is 0 Å². The zero-order valence-electron chi connectivity index (χ0n) is 10.2. The second kappa shape index (κ2) is 5.88. The lowest BCUT2D eigenvalue weighted by atomic mass is 10.0. The Morgan fingerprint density at radius 3 is 2.61 bits per heavy atom. The highest BCUT2D eigenvalue weighted by molar-refractivity contribution is 14.1. The minimum atomic E-state index is 0.106. The lowest BCUT2D eigenvalue weighted by Gasteiger charge is -2.03. The molecule has 2 aromatic rings. The number of benzene rings is 1. The second-order valence-corrected chi connectivity index (χ2v) is 6.37. The first-order valence-corrected chi connectivity index (χ1v) is 7.53. The summed E-state index contributed by atoms with van der Waals surface area (Å²) in [6, 6.07) is 8.00. The second-order valence-electron chi connectivity index (χ2n) is 4.37. The largest absolute Gasteiger partial charge is 0.293 e. The standard InChI is InChI=1S/C13H13IN2OS/c1-8(2)12-13(18-16-15-12)11(17)7-9-3-5-10(14)6-4-9/h3-6,8H,7H2,1-2H3. The first kappa shape index (κ1) is 13.6. The van der Waals surface area contributed by atoms with E-state index in [1.165, 1.54) is 15.1 Å². The molecular formula is C13H13IN2OS. The Balaban J connectivity index is 2.17. The van der Waals surface area contributed by atoms with E-state index < -0.39 is 0 Å². The van der Waals surface area contributed by atoms with Crippen LogP contribution in [0.5, 0.6) is 0 Å². The van der Waals surface area contributed by atoms with E-state index in [0.717, 1.165) is 11.3 Å². The van der Waals surface area contributed by atoms with Crippen molar-refractivity contribution in [2.75, 3.05) is 0 Å². The van der Waals surface area contributed by atoms with Gasteiger partial charge in [-0.1, -0.05) is 30.5 Å². The minimum absolute atomic E-state index is 0.106. The molecule has 0 amide bonds. The summed E-state index contributed by atoms with van der Waals surface area (Å²) in [6.07, 6.45) is 0.417. The number of hydrogen-bond donors (Lipinski definition) is 0. The van der Waals surface area contributed by atoms with Gasteiger partial charge in [-0.2, -0.15) is 0 Å². The van der Waals surface area contributed by atoms with Crippen LogP contribution in [0, 0.1) is 3.57 Å². The van der Waals surface area contributed by atoms with Crippen molar-refractivity contribution in [3.05, 3.63) is 44.0 Å². The fourth-order valence-electron chi connectivity index (χ4n) is 1.64. The maximum absolute atomic E-state index is 12.2.